The molecule has 2 aromatic rings. The van der Waals surface area contributed by atoms with Crippen LogP contribution >= 0.6 is 23.1 Å². The zero-order valence-corrected chi connectivity index (χ0v) is 14.0. The van der Waals surface area contributed by atoms with Gasteiger partial charge >= 0.3 is 0 Å². The lowest BCUT2D eigenvalue weighted by Gasteiger charge is -2.23. The van der Waals surface area contributed by atoms with Crippen molar-refractivity contribution in [2.45, 2.75) is 31.6 Å². The minimum absolute atomic E-state index is 0.384. The first kappa shape index (κ1) is 14.2. The molecule has 0 saturated carbocycles. The van der Waals surface area contributed by atoms with Crippen LogP contribution in [0, 0.1) is 0 Å². The van der Waals surface area contributed by atoms with Crippen LogP contribution in [-0.4, -0.2) is 40.0 Å². The lowest BCUT2D eigenvalue weighted by atomic mass is 10.1. The number of anilines is 1. The summed E-state index contributed by atoms with van der Waals surface area (Å²) in [5.41, 5.74) is 1.29. The van der Waals surface area contributed by atoms with Crippen LogP contribution in [0.25, 0.3) is 4.96 Å². The number of thiazole rings is 1. The summed E-state index contributed by atoms with van der Waals surface area (Å²) in [6.07, 6.45) is 3.33. The summed E-state index contributed by atoms with van der Waals surface area (Å²) < 4.78 is 2.61. The minimum atomic E-state index is 0.384. The van der Waals surface area contributed by atoms with Gasteiger partial charge in [0.05, 0.1) is 5.69 Å². The quantitative estimate of drug-likeness (QED) is 0.945. The van der Waals surface area contributed by atoms with Crippen molar-refractivity contribution in [3.8, 4) is 0 Å². The van der Waals surface area contributed by atoms with E-state index in [0.717, 1.165) is 24.6 Å². The van der Waals surface area contributed by atoms with Crippen LogP contribution in [0.5, 0.6) is 0 Å². The molecule has 110 valence electrons. The molecule has 0 atom stereocenters. The second kappa shape index (κ2) is 5.58. The molecule has 1 saturated heterocycles. The number of rotatable bonds is 3. The molecule has 0 spiro atoms. The molecule has 20 heavy (non-hydrogen) atoms. The molecule has 3 heterocycles. The first-order valence-electron chi connectivity index (χ1n) is 7.09. The highest BCUT2D eigenvalue weighted by Crippen LogP contribution is 2.33. The summed E-state index contributed by atoms with van der Waals surface area (Å²) in [7, 11) is 2.00. The molecule has 4 nitrogen and oxygen atoms in total. The fourth-order valence-corrected chi connectivity index (χ4v) is 4.47. The number of aromatic nitrogens is 2. The highest BCUT2D eigenvalue weighted by molar-refractivity contribution is 8.00. The third-order valence-electron chi connectivity index (χ3n) is 3.82. The molecule has 3 rings (SSSR count). The summed E-state index contributed by atoms with van der Waals surface area (Å²) in [6, 6.07) is 0. The van der Waals surface area contributed by atoms with Gasteiger partial charge in [0.15, 0.2) is 10.8 Å². The van der Waals surface area contributed by atoms with Crippen LogP contribution in [0.15, 0.2) is 11.6 Å². The van der Waals surface area contributed by atoms with Crippen LogP contribution in [-0.2, 0) is 6.54 Å². The highest BCUT2D eigenvalue weighted by atomic mass is 32.2. The fraction of sp³-hybridized carbons (Fsp3) is 0.643. The van der Waals surface area contributed by atoms with E-state index in [1.54, 1.807) is 11.3 Å². The van der Waals surface area contributed by atoms with Crippen molar-refractivity contribution in [2.24, 2.45) is 0 Å². The van der Waals surface area contributed by atoms with Gasteiger partial charge in [0.25, 0.3) is 0 Å². The smallest absolute Gasteiger partial charge is 0.195 e. The average molecular weight is 310 g/mol. The third-order valence-corrected chi connectivity index (χ3v) is 5.95. The van der Waals surface area contributed by atoms with Crippen molar-refractivity contribution >= 4 is 33.9 Å². The van der Waals surface area contributed by atoms with Crippen LogP contribution in [0.2, 0.25) is 0 Å². The van der Waals surface area contributed by atoms with E-state index in [1.807, 2.05) is 7.05 Å². The molecular formula is C14H22N4S2. The number of imidazole rings is 1. The molecule has 2 aromatic heterocycles. The topological polar surface area (TPSA) is 32.6 Å². The first-order chi connectivity index (χ1) is 9.61. The van der Waals surface area contributed by atoms with E-state index >= 15 is 0 Å². The number of nitrogens with zero attached hydrogens (tertiary/aromatic N) is 3. The van der Waals surface area contributed by atoms with Gasteiger partial charge < -0.3 is 10.2 Å². The van der Waals surface area contributed by atoms with Gasteiger partial charge in [0.1, 0.15) is 0 Å². The van der Waals surface area contributed by atoms with Gasteiger partial charge in [0, 0.05) is 41.7 Å². The van der Waals surface area contributed by atoms with Gasteiger partial charge in [-0.2, -0.15) is 11.8 Å². The molecule has 0 unspecified atom stereocenters. The summed E-state index contributed by atoms with van der Waals surface area (Å²) >= 11 is 3.79. The Morgan fingerprint density at radius 2 is 2.25 bits per heavy atom. The monoisotopic (exact) mass is 310 g/mol. The maximum Gasteiger partial charge on any atom is 0.195 e. The zero-order valence-electron chi connectivity index (χ0n) is 12.3. The molecule has 1 fully saturated rings. The normalized spacial score (nSPS) is 19.4. The number of fused-ring (bicyclic) bond motifs is 1. The van der Waals surface area contributed by atoms with Crippen molar-refractivity contribution in [3.05, 3.63) is 17.3 Å². The molecule has 6 heteroatoms. The van der Waals surface area contributed by atoms with Gasteiger partial charge in [-0.1, -0.05) is 13.8 Å². The van der Waals surface area contributed by atoms with Crippen molar-refractivity contribution in [3.63, 3.8) is 0 Å². The number of thioether (sulfide) groups is 1. The van der Waals surface area contributed by atoms with E-state index in [1.165, 1.54) is 23.7 Å². The van der Waals surface area contributed by atoms with E-state index in [2.05, 4.69) is 51.8 Å². The standard InChI is InChI=1S/C14H22N4S2/c1-14(2)4-5-17(6-9-20-14)12-11(10-15-3)18-7-8-19-13(18)16-12/h7-8,15H,4-6,9-10H2,1-3H3. The van der Waals surface area contributed by atoms with Gasteiger partial charge in [0.2, 0.25) is 0 Å². The number of hydrogen-bond donors (Lipinski definition) is 1. The molecule has 1 N–H and O–H groups in total. The highest BCUT2D eigenvalue weighted by Gasteiger charge is 2.26. The van der Waals surface area contributed by atoms with Crippen molar-refractivity contribution in [1.82, 2.24) is 14.7 Å². The summed E-state index contributed by atoms with van der Waals surface area (Å²) in [5.74, 6) is 2.35. The van der Waals surface area contributed by atoms with E-state index < -0.39 is 0 Å². The van der Waals surface area contributed by atoms with E-state index in [9.17, 15) is 0 Å². The maximum absolute atomic E-state index is 4.86. The predicted molar refractivity (Wildman–Crippen MR) is 89.2 cm³/mol. The number of hydrogen-bond acceptors (Lipinski definition) is 5. The molecule has 1 aliphatic rings. The lowest BCUT2D eigenvalue weighted by Crippen LogP contribution is -2.28. The summed E-state index contributed by atoms with van der Waals surface area (Å²) in [5, 5.41) is 5.38. The Kier molecular flexibility index (Phi) is 3.97. The number of nitrogens with one attached hydrogen (secondary N) is 1. The molecule has 1 aliphatic heterocycles. The first-order valence-corrected chi connectivity index (χ1v) is 8.95. The minimum Gasteiger partial charge on any atom is -0.354 e. The van der Waals surface area contributed by atoms with E-state index in [-0.39, 0.29) is 0 Å². The average Bonchev–Trinajstić information content (AvgIpc) is 2.91. The fourth-order valence-electron chi connectivity index (χ4n) is 2.64. The Hall–Kier alpha value is -0.720. The zero-order chi connectivity index (χ0) is 14.2. The molecule has 0 radical (unpaired) electrons. The van der Waals surface area contributed by atoms with E-state index in [4.69, 9.17) is 4.98 Å². The Labute approximate surface area is 128 Å². The second-order valence-corrected chi connectivity index (χ2v) is 8.49. The predicted octanol–water partition coefficient (Wildman–Crippen LogP) is 2.84. The molecule has 0 amide bonds. The Balaban J connectivity index is 1.92. The Morgan fingerprint density at radius 1 is 1.40 bits per heavy atom. The van der Waals surface area contributed by atoms with Crippen molar-refractivity contribution in [2.75, 3.05) is 30.8 Å². The molecule has 0 aliphatic carbocycles. The SMILES string of the molecule is CNCc1c(N2CCSC(C)(C)CC2)nc2sccn12. The van der Waals surface area contributed by atoms with Crippen LogP contribution < -0.4 is 10.2 Å². The molecular weight excluding hydrogens is 288 g/mol. The van der Waals surface area contributed by atoms with Crippen LogP contribution in [0.4, 0.5) is 5.82 Å². The van der Waals surface area contributed by atoms with Crippen LogP contribution in [0.3, 0.4) is 0 Å². The van der Waals surface area contributed by atoms with Crippen LogP contribution in [0.1, 0.15) is 26.0 Å². The van der Waals surface area contributed by atoms with Crippen molar-refractivity contribution < 1.29 is 0 Å². The van der Waals surface area contributed by atoms with E-state index in [0.29, 0.717) is 4.75 Å². The third kappa shape index (κ3) is 2.69. The second-order valence-electron chi connectivity index (χ2n) is 5.81. The summed E-state index contributed by atoms with van der Waals surface area (Å²) in [4.78, 5) is 8.43. The van der Waals surface area contributed by atoms with Gasteiger partial charge in [-0.15, -0.1) is 11.3 Å². The Bertz CT molecular complexity index is 587. The molecule has 0 bridgehead atoms. The largest absolute Gasteiger partial charge is 0.354 e. The van der Waals surface area contributed by atoms with Crippen molar-refractivity contribution in [1.29, 1.82) is 0 Å². The summed E-state index contributed by atoms with van der Waals surface area (Å²) in [6.45, 7) is 7.75. The maximum atomic E-state index is 4.86. The lowest BCUT2D eigenvalue weighted by molar-refractivity contribution is 0.633. The Morgan fingerprint density at radius 3 is 3.05 bits per heavy atom. The van der Waals surface area contributed by atoms with Gasteiger partial charge in [-0.25, -0.2) is 4.98 Å². The van der Waals surface area contributed by atoms with Gasteiger partial charge in [-0.05, 0) is 13.5 Å². The van der Waals surface area contributed by atoms with Gasteiger partial charge in [-0.3, -0.25) is 4.40 Å². The molecule has 0 aromatic carbocycles.